The Kier molecular flexibility index (Phi) is 5.79. The highest BCUT2D eigenvalue weighted by atomic mass is 16.6. The number of amides is 2. The van der Waals surface area contributed by atoms with Gasteiger partial charge in [-0.3, -0.25) is 19.7 Å². The van der Waals surface area contributed by atoms with Crippen molar-refractivity contribution in [2.24, 2.45) is 5.92 Å². The number of carbonyl (C=O) groups excluding carboxylic acids is 2. The molecule has 0 spiro atoms. The number of nitrogens with one attached hydrogen (secondary N) is 1. The number of likely N-dealkylation sites (tertiary alicyclic amines) is 1. The summed E-state index contributed by atoms with van der Waals surface area (Å²) in [6.45, 7) is 0.274. The van der Waals surface area contributed by atoms with Gasteiger partial charge < -0.3 is 10.2 Å². The van der Waals surface area contributed by atoms with Gasteiger partial charge in [0.1, 0.15) is 6.04 Å². The molecule has 1 aliphatic heterocycles. The normalized spacial score (nSPS) is 22.9. The lowest BCUT2D eigenvalue weighted by Crippen LogP contribution is -2.49. The van der Waals surface area contributed by atoms with E-state index in [0.29, 0.717) is 17.9 Å². The van der Waals surface area contributed by atoms with Crippen LogP contribution in [0.25, 0.3) is 0 Å². The molecule has 0 bridgehead atoms. The van der Waals surface area contributed by atoms with E-state index < -0.39 is 11.0 Å². The van der Waals surface area contributed by atoms with Crippen molar-refractivity contribution in [1.29, 1.82) is 0 Å². The Hall–Kier alpha value is -3.22. The molecule has 7 heteroatoms. The summed E-state index contributed by atoms with van der Waals surface area (Å²) in [6.07, 6.45) is 4.91. The molecule has 0 aromatic heterocycles. The van der Waals surface area contributed by atoms with E-state index in [-0.39, 0.29) is 30.1 Å². The van der Waals surface area contributed by atoms with Gasteiger partial charge in [0.25, 0.3) is 11.6 Å². The smallest absolute Gasteiger partial charge is 0.269 e. The molecule has 156 valence electrons. The van der Waals surface area contributed by atoms with Crippen LogP contribution < -0.4 is 5.32 Å². The zero-order chi connectivity index (χ0) is 21.1. The van der Waals surface area contributed by atoms with Crippen LogP contribution >= 0.6 is 0 Å². The van der Waals surface area contributed by atoms with Crippen molar-refractivity contribution >= 4 is 17.5 Å². The van der Waals surface area contributed by atoms with E-state index in [1.54, 1.807) is 24.3 Å². The molecular formula is C23H25N3O4. The highest BCUT2D eigenvalue weighted by Crippen LogP contribution is 2.40. The van der Waals surface area contributed by atoms with Gasteiger partial charge in [-0.05, 0) is 42.9 Å². The van der Waals surface area contributed by atoms with E-state index in [1.807, 2.05) is 23.1 Å². The molecular weight excluding hydrogens is 382 g/mol. The van der Waals surface area contributed by atoms with Crippen LogP contribution in [0.3, 0.4) is 0 Å². The molecule has 3 atom stereocenters. The maximum absolute atomic E-state index is 13.3. The summed E-state index contributed by atoms with van der Waals surface area (Å²) in [6, 6.07) is 14.9. The van der Waals surface area contributed by atoms with Crippen LogP contribution in [0, 0.1) is 16.0 Å². The van der Waals surface area contributed by atoms with Crippen LogP contribution in [0.2, 0.25) is 0 Å². The zero-order valence-corrected chi connectivity index (χ0v) is 16.7. The number of nitro benzene ring substituents is 1. The van der Waals surface area contributed by atoms with E-state index in [0.717, 1.165) is 31.2 Å². The average Bonchev–Trinajstić information content (AvgIpc) is 3.17. The van der Waals surface area contributed by atoms with Crippen molar-refractivity contribution in [3.63, 3.8) is 0 Å². The van der Waals surface area contributed by atoms with Crippen LogP contribution in [0.4, 0.5) is 5.69 Å². The second-order valence-electron chi connectivity index (χ2n) is 8.08. The second kappa shape index (κ2) is 8.65. The topological polar surface area (TPSA) is 92.5 Å². The van der Waals surface area contributed by atoms with Crippen molar-refractivity contribution < 1.29 is 14.5 Å². The first-order valence-electron chi connectivity index (χ1n) is 10.4. The fourth-order valence-electron chi connectivity index (χ4n) is 4.76. The first-order chi connectivity index (χ1) is 14.5. The van der Waals surface area contributed by atoms with Gasteiger partial charge in [0.05, 0.1) is 4.92 Å². The molecule has 7 nitrogen and oxygen atoms in total. The fraction of sp³-hybridized carbons (Fsp3) is 0.391. The number of nitro groups is 1. The van der Waals surface area contributed by atoms with Gasteiger partial charge in [-0.2, -0.15) is 0 Å². The van der Waals surface area contributed by atoms with E-state index >= 15 is 0 Å². The van der Waals surface area contributed by atoms with Crippen LogP contribution in [0.5, 0.6) is 0 Å². The predicted octanol–water partition coefficient (Wildman–Crippen LogP) is 3.68. The SMILES string of the molecule is O=C(NCc1ccc([N+](=O)[O-])cc1)C1CC2CCCCC2N1C(=O)c1ccccc1. The molecule has 1 saturated heterocycles. The molecule has 2 fully saturated rings. The van der Waals surface area contributed by atoms with Gasteiger partial charge in [-0.1, -0.05) is 43.2 Å². The molecule has 0 radical (unpaired) electrons. The highest BCUT2D eigenvalue weighted by molar-refractivity contribution is 5.98. The fourth-order valence-corrected chi connectivity index (χ4v) is 4.76. The second-order valence-corrected chi connectivity index (χ2v) is 8.08. The summed E-state index contributed by atoms with van der Waals surface area (Å²) in [4.78, 5) is 38.5. The lowest BCUT2D eigenvalue weighted by Gasteiger charge is -2.33. The Morgan fingerprint density at radius 3 is 2.43 bits per heavy atom. The quantitative estimate of drug-likeness (QED) is 0.604. The molecule has 30 heavy (non-hydrogen) atoms. The summed E-state index contributed by atoms with van der Waals surface area (Å²) in [5, 5.41) is 13.7. The van der Waals surface area contributed by atoms with Gasteiger partial charge in [0.2, 0.25) is 5.91 Å². The van der Waals surface area contributed by atoms with Gasteiger partial charge in [-0.15, -0.1) is 0 Å². The standard InChI is InChI=1S/C23H25N3O4/c27-22(24-15-16-10-12-19(13-11-16)26(29)30)21-14-18-8-4-5-9-20(18)25(21)23(28)17-6-2-1-3-7-17/h1-3,6-7,10-13,18,20-21H,4-5,8-9,14-15H2,(H,24,27). The molecule has 2 amide bonds. The number of fused-ring (bicyclic) bond motifs is 1. The molecule has 1 saturated carbocycles. The molecule has 2 aliphatic rings. The lowest BCUT2D eigenvalue weighted by molar-refractivity contribution is -0.384. The molecule has 2 aromatic rings. The van der Waals surface area contributed by atoms with Crippen LogP contribution in [-0.4, -0.2) is 33.7 Å². The van der Waals surface area contributed by atoms with E-state index in [9.17, 15) is 19.7 Å². The summed E-state index contributed by atoms with van der Waals surface area (Å²) < 4.78 is 0. The molecule has 1 aliphatic carbocycles. The van der Waals surface area contributed by atoms with Crippen LogP contribution in [0.15, 0.2) is 54.6 Å². The average molecular weight is 407 g/mol. The summed E-state index contributed by atoms with van der Waals surface area (Å²) in [5.74, 6) is 0.119. The van der Waals surface area contributed by atoms with Crippen LogP contribution in [0.1, 0.15) is 48.0 Å². The third kappa shape index (κ3) is 4.06. The number of hydrogen-bond donors (Lipinski definition) is 1. The number of hydrogen-bond acceptors (Lipinski definition) is 4. The van der Waals surface area contributed by atoms with Gasteiger partial charge in [-0.25, -0.2) is 0 Å². The van der Waals surface area contributed by atoms with Gasteiger partial charge in [0, 0.05) is 30.3 Å². The Balaban J connectivity index is 1.49. The number of rotatable bonds is 5. The van der Waals surface area contributed by atoms with E-state index in [4.69, 9.17) is 0 Å². The molecule has 1 N–H and O–H groups in total. The molecule has 4 rings (SSSR count). The van der Waals surface area contributed by atoms with Crippen molar-refractivity contribution in [3.05, 3.63) is 75.8 Å². The van der Waals surface area contributed by atoms with Crippen LogP contribution in [-0.2, 0) is 11.3 Å². The summed E-state index contributed by atoms with van der Waals surface area (Å²) in [5.41, 5.74) is 1.41. The maximum atomic E-state index is 13.3. The van der Waals surface area contributed by atoms with Gasteiger partial charge >= 0.3 is 0 Å². The third-order valence-corrected chi connectivity index (χ3v) is 6.26. The molecule has 2 aromatic carbocycles. The van der Waals surface area contributed by atoms with E-state index in [1.165, 1.54) is 12.1 Å². The monoisotopic (exact) mass is 407 g/mol. The maximum Gasteiger partial charge on any atom is 0.269 e. The van der Waals surface area contributed by atoms with Crippen molar-refractivity contribution in [1.82, 2.24) is 10.2 Å². The van der Waals surface area contributed by atoms with Crippen molar-refractivity contribution in [2.75, 3.05) is 0 Å². The zero-order valence-electron chi connectivity index (χ0n) is 16.7. The van der Waals surface area contributed by atoms with Crippen molar-refractivity contribution in [2.45, 2.75) is 50.7 Å². The first-order valence-corrected chi connectivity index (χ1v) is 10.4. The number of benzene rings is 2. The third-order valence-electron chi connectivity index (χ3n) is 6.26. The number of carbonyl (C=O) groups is 2. The minimum Gasteiger partial charge on any atom is -0.350 e. The highest BCUT2D eigenvalue weighted by Gasteiger charge is 2.47. The molecule has 1 heterocycles. The first kappa shape index (κ1) is 20.1. The predicted molar refractivity (Wildman–Crippen MR) is 112 cm³/mol. The minimum absolute atomic E-state index is 0.0181. The number of nitrogens with zero attached hydrogens (tertiary/aromatic N) is 2. The van der Waals surface area contributed by atoms with Gasteiger partial charge in [0.15, 0.2) is 0 Å². The van der Waals surface area contributed by atoms with E-state index in [2.05, 4.69) is 5.32 Å². The summed E-state index contributed by atoms with van der Waals surface area (Å²) >= 11 is 0. The Morgan fingerprint density at radius 2 is 1.73 bits per heavy atom. The lowest BCUT2D eigenvalue weighted by atomic mass is 9.84. The Morgan fingerprint density at radius 1 is 1.03 bits per heavy atom. The van der Waals surface area contributed by atoms with Crippen molar-refractivity contribution in [3.8, 4) is 0 Å². The number of non-ortho nitro benzene ring substituents is 1. The molecule has 3 unspecified atom stereocenters. The Bertz CT molecular complexity index is 929. The Labute approximate surface area is 175 Å². The largest absolute Gasteiger partial charge is 0.350 e. The summed E-state index contributed by atoms with van der Waals surface area (Å²) in [7, 11) is 0. The minimum atomic E-state index is -0.483.